The fourth-order valence-electron chi connectivity index (χ4n) is 2.48. The molecule has 0 fully saturated rings. The van der Waals surface area contributed by atoms with Gasteiger partial charge in [0.15, 0.2) is 12.4 Å². The molecule has 0 aliphatic carbocycles. The normalized spacial score (nSPS) is 10.7. The largest absolute Gasteiger partial charge is 0.287 e. The third-order valence-corrected chi connectivity index (χ3v) is 3.41. The van der Waals surface area contributed by atoms with E-state index in [4.69, 9.17) is 0 Å². The minimum Gasteiger partial charge on any atom is -0.287 e. The first-order chi connectivity index (χ1) is 9.74. The van der Waals surface area contributed by atoms with Gasteiger partial charge in [-0.3, -0.25) is 4.79 Å². The number of nitrogens with zero attached hydrogens (tertiary/aromatic N) is 1. The molecule has 0 bridgehead atoms. The van der Waals surface area contributed by atoms with Crippen molar-refractivity contribution in [3.8, 4) is 0 Å². The lowest BCUT2D eigenvalue weighted by Gasteiger charge is -2.06. The molecular weight excluding hydrogens is 246 g/mol. The zero-order valence-electron chi connectivity index (χ0n) is 11.4. The van der Waals surface area contributed by atoms with E-state index in [1.165, 1.54) is 0 Å². The second-order valence-corrected chi connectivity index (χ2v) is 5.00. The van der Waals surface area contributed by atoms with Crippen molar-refractivity contribution in [3.05, 3.63) is 78.1 Å². The summed E-state index contributed by atoms with van der Waals surface area (Å²) in [4.78, 5) is 12.6. The summed E-state index contributed by atoms with van der Waals surface area (Å²) in [7, 11) is 0. The molecule has 2 heteroatoms. The van der Waals surface area contributed by atoms with E-state index in [0.29, 0.717) is 6.54 Å². The predicted octanol–water partition coefficient (Wildman–Crippen LogP) is 3.32. The average Bonchev–Trinajstić information content (AvgIpc) is 2.47. The summed E-state index contributed by atoms with van der Waals surface area (Å²) in [6.45, 7) is 2.40. The van der Waals surface area contributed by atoms with Crippen LogP contribution in [0.25, 0.3) is 10.8 Å². The quantitative estimate of drug-likeness (QED) is 0.524. The third-order valence-electron chi connectivity index (χ3n) is 3.41. The highest BCUT2D eigenvalue weighted by Crippen LogP contribution is 2.21. The molecule has 0 saturated carbocycles. The number of aryl methyl sites for hydroxylation is 1. The van der Waals surface area contributed by atoms with Gasteiger partial charge < -0.3 is 0 Å². The molecule has 3 aromatic rings. The zero-order chi connectivity index (χ0) is 13.9. The minimum absolute atomic E-state index is 0.140. The number of carbonyl (C=O) groups excluding carboxylic acids is 1. The van der Waals surface area contributed by atoms with E-state index >= 15 is 0 Å². The fraction of sp³-hybridized carbons (Fsp3) is 0.111. The van der Waals surface area contributed by atoms with Crippen molar-refractivity contribution in [2.45, 2.75) is 13.5 Å². The van der Waals surface area contributed by atoms with E-state index < -0.39 is 0 Å². The van der Waals surface area contributed by atoms with Crippen molar-refractivity contribution in [1.29, 1.82) is 0 Å². The van der Waals surface area contributed by atoms with Crippen LogP contribution in [0.4, 0.5) is 0 Å². The number of hydrogen-bond donors (Lipinski definition) is 0. The van der Waals surface area contributed by atoms with Gasteiger partial charge in [-0.05, 0) is 29.3 Å². The summed E-state index contributed by atoms with van der Waals surface area (Å²) >= 11 is 0. The number of fused-ring (bicyclic) bond motifs is 1. The van der Waals surface area contributed by atoms with Crippen molar-refractivity contribution >= 4 is 16.6 Å². The second-order valence-electron chi connectivity index (χ2n) is 5.00. The Morgan fingerprint density at radius 3 is 2.55 bits per heavy atom. The van der Waals surface area contributed by atoms with Crippen LogP contribution in [0.15, 0.2) is 67.0 Å². The van der Waals surface area contributed by atoms with Gasteiger partial charge in [0.05, 0.1) is 0 Å². The first kappa shape index (κ1) is 12.5. The van der Waals surface area contributed by atoms with Crippen molar-refractivity contribution in [2.24, 2.45) is 0 Å². The topological polar surface area (TPSA) is 20.9 Å². The Morgan fingerprint density at radius 2 is 1.75 bits per heavy atom. The number of Topliss-reactive ketones (excluding diaryl/α,β-unsaturated/α-hetero) is 1. The lowest BCUT2D eigenvalue weighted by molar-refractivity contribution is -0.683. The summed E-state index contributed by atoms with van der Waals surface area (Å²) in [6, 6.07) is 17.9. The summed E-state index contributed by atoms with van der Waals surface area (Å²) in [5.41, 5.74) is 1.92. The lowest BCUT2D eigenvalue weighted by atomic mass is 9.98. The number of ketones is 1. The first-order valence-corrected chi connectivity index (χ1v) is 6.71. The lowest BCUT2D eigenvalue weighted by Crippen LogP contribution is -2.36. The van der Waals surface area contributed by atoms with E-state index in [1.807, 2.05) is 66.3 Å². The molecule has 0 atom stereocenters. The Labute approximate surface area is 118 Å². The maximum atomic E-state index is 12.6. The predicted molar refractivity (Wildman–Crippen MR) is 79.7 cm³/mol. The fourth-order valence-corrected chi connectivity index (χ4v) is 2.48. The molecule has 3 rings (SSSR count). The molecule has 0 radical (unpaired) electrons. The van der Waals surface area contributed by atoms with Crippen LogP contribution in [-0.2, 0) is 6.54 Å². The van der Waals surface area contributed by atoms with Gasteiger partial charge >= 0.3 is 0 Å². The van der Waals surface area contributed by atoms with Gasteiger partial charge in [0.25, 0.3) is 0 Å². The molecule has 2 aromatic carbocycles. The van der Waals surface area contributed by atoms with E-state index in [9.17, 15) is 4.79 Å². The second kappa shape index (κ2) is 5.25. The van der Waals surface area contributed by atoms with Crippen LogP contribution < -0.4 is 4.57 Å². The van der Waals surface area contributed by atoms with Crippen LogP contribution in [0.5, 0.6) is 0 Å². The number of pyridine rings is 1. The molecule has 20 heavy (non-hydrogen) atoms. The van der Waals surface area contributed by atoms with Crippen molar-refractivity contribution in [1.82, 2.24) is 0 Å². The monoisotopic (exact) mass is 262 g/mol. The number of hydrogen-bond acceptors (Lipinski definition) is 1. The SMILES string of the molecule is Cc1cc(C(=O)C[n+]2ccccc2)c2ccccc2c1. The van der Waals surface area contributed by atoms with Crippen LogP contribution in [0.3, 0.4) is 0 Å². The summed E-state index contributed by atoms with van der Waals surface area (Å²) in [6.07, 6.45) is 3.83. The molecule has 2 nitrogen and oxygen atoms in total. The Bertz CT molecular complexity index is 763. The maximum absolute atomic E-state index is 12.6. The highest BCUT2D eigenvalue weighted by molar-refractivity contribution is 6.07. The molecule has 0 aliphatic heterocycles. The number of carbonyl (C=O) groups is 1. The van der Waals surface area contributed by atoms with Crippen LogP contribution >= 0.6 is 0 Å². The molecule has 1 heterocycles. The van der Waals surface area contributed by atoms with Gasteiger partial charge in [0.1, 0.15) is 0 Å². The van der Waals surface area contributed by atoms with Gasteiger partial charge in [-0.25, -0.2) is 0 Å². The van der Waals surface area contributed by atoms with Crippen LogP contribution in [0.1, 0.15) is 15.9 Å². The van der Waals surface area contributed by atoms with Crippen molar-refractivity contribution < 1.29 is 9.36 Å². The Hall–Kier alpha value is -2.48. The number of benzene rings is 2. The highest BCUT2D eigenvalue weighted by Gasteiger charge is 2.15. The molecule has 0 saturated heterocycles. The van der Waals surface area contributed by atoms with Crippen LogP contribution in [0.2, 0.25) is 0 Å². The van der Waals surface area contributed by atoms with Gasteiger partial charge in [-0.1, -0.05) is 36.4 Å². The van der Waals surface area contributed by atoms with Crippen molar-refractivity contribution in [3.63, 3.8) is 0 Å². The molecule has 0 amide bonds. The van der Waals surface area contributed by atoms with Gasteiger partial charge in [0, 0.05) is 17.7 Å². The summed E-state index contributed by atoms with van der Waals surface area (Å²) in [5.74, 6) is 0.140. The van der Waals surface area contributed by atoms with Crippen molar-refractivity contribution in [2.75, 3.05) is 0 Å². The molecule has 98 valence electrons. The van der Waals surface area contributed by atoms with Crippen LogP contribution in [0, 0.1) is 6.92 Å². The highest BCUT2D eigenvalue weighted by atomic mass is 16.1. The maximum Gasteiger partial charge on any atom is 0.228 e. The van der Waals surface area contributed by atoms with Gasteiger partial charge in [0.2, 0.25) is 12.3 Å². The molecule has 0 unspecified atom stereocenters. The van der Waals surface area contributed by atoms with E-state index in [0.717, 1.165) is 21.9 Å². The molecule has 1 aromatic heterocycles. The smallest absolute Gasteiger partial charge is 0.228 e. The summed E-state index contributed by atoms with van der Waals surface area (Å²) in [5, 5.41) is 2.15. The molecular formula is C18H16NO+. The minimum atomic E-state index is 0.140. The van der Waals surface area contributed by atoms with E-state index in [-0.39, 0.29) is 5.78 Å². The zero-order valence-corrected chi connectivity index (χ0v) is 11.4. The third kappa shape index (κ3) is 2.45. The molecule has 0 spiro atoms. The Morgan fingerprint density at radius 1 is 1.00 bits per heavy atom. The van der Waals surface area contributed by atoms with E-state index in [1.54, 1.807) is 0 Å². The average molecular weight is 262 g/mol. The Kier molecular flexibility index (Phi) is 3.30. The van der Waals surface area contributed by atoms with Crippen LogP contribution in [-0.4, -0.2) is 5.78 Å². The van der Waals surface area contributed by atoms with Gasteiger partial charge in [-0.15, -0.1) is 0 Å². The summed E-state index contributed by atoms with van der Waals surface area (Å²) < 4.78 is 1.90. The molecule has 0 N–H and O–H groups in total. The number of rotatable bonds is 3. The standard InChI is InChI=1S/C18H16NO/c1-14-11-15-7-3-4-8-16(15)17(12-14)18(20)13-19-9-5-2-6-10-19/h2-12H,13H2,1H3/q+1. The number of aromatic nitrogens is 1. The van der Waals surface area contributed by atoms with Gasteiger partial charge in [-0.2, -0.15) is 4.57 Å². The first-order valence-electron chi connectivity index (χ1n) is 6.71. The molecule has 0 aliphatic rings. The van der Waals surface area contributed by atoms with E-state index in [2.05, 4.69) is 12.1 Å². The Balaban J connectivity index is 2.03.